The largest absolute Gasteiger partial charge is 0.481 e. The fourth-order valence-corrected chi connectivity index (χ4v) is 6.12. The fraction of sp³-hybridized carbons (Fsp3) is 0.280. The van der Waals surface area contributed by atoms with Crippen LogP contribution in [-0.2, 0) is 21.2 Å². The van der Waals surface area contributed by atoms with Crippen LogP contribution in [0.4, 0.5) is 5.69 Å². The third kappa shape index (κ3) is 6.27. The highest BCUT2D eigenvalue weighted by Crippen LogP contribution is 2.37. The van der Waals surface area contributed by atoms with Crippen molar-refractivity contribution in [2.24, 2.45) is 0 Å². The monoisotopic (exact) mass is 565 g/mol. The van der Waals surface area contributed by atoms with Gasteiger partial charge in [0.1, 0.15) is 4.90 Å². The number of hydrogen-bond donors (Lipinski definition) is 1. The molecule has 0 aliphatic carbocycles. The third-order valence-corrected chi connectivity index (χ3v) is 8.25. The molecule has 1 fully saturated rings. The second-order valence-corrected chi connectivity index (χ2v) is 11.0. The quantitative estimate of drug-likeness (QED) is 0.435. The number of amides is 2. The van der Waals surface area contributed by atoms with Crippen LogP contribution in [0.5, 0.6) is 5.75 Å². The summed E-state index contributed by atoms with van der Waals surface area (Å²) in [6.45, 7) is 2.00. The maximum atomic E-state index is 13.5. The molecular formula is C25H25Cl2N3O6S. The third-order valence-electron chi connectivity index (χ3n) is 5.84. The number of anilines is 1. The lowest BCUT2D eigenvalue weighted by Gasteiger charge is -2.33. The van der Waals surface area contributed by atoms with E-state index in [1.807, 2.05) is 19.1 Å². The molecule has 1 aliphatic heterocycles. The van der Waals surface area contributed by atoms with E-state index in [-0.39, 0.29) is 58.5 Å². The van der Waals surface area contributed by atoms with E-state index in [0.29, 0.717) is 5.69 Å². The van der Waals surface area contributed by atoms with Crippen LogP contribution < -0.4 is 10.1 Å². The summed E-state index contributed by atoms with van der Waals surface area (Å²) in [5.41, 5.74) is 1.71. The smallest absolute Gasteiger partial charge is 0.289 e. The van der Waals surface area contributed by atoms with Crippen LogP contribution in [0.2, 0.25) is 10.0 Å². The standard InChI is InChI=1S/C25H25Cl2N3O6S/c1-2-17-5-7-19(8-6-17)28-23(31)16-36-24-20(27)14-18(26)15-22(24)37(33,34)30-11-9-29(10-12-30)25(32)21-4-3-13-35-21/h3-8,13-15H,2,9-12,16H2,1H3,(H,28,31). The molecule has 196 valence electrons. The number of nitrogens with one attached hydrogen (secondary N) is 1. The molecule has 3 aromatic rings. The zero-order chi connectivity index (χ0) is 26.6. The molecule has 0 bridgehead atoms. The van der Waals surface area contributed by atoms with Gasteiger partial charge in [-0.3, -0.25) is 9.59 Å². The number of nitrogens with zero attached hydrogens (tertiary/aromatic N) is 2. The average molecular weight is 566 g/mol. The van der Waals surface area contributed by atoms with Gasteiger partial charge in [0.2, 0.25) is 10.0 Å². The van der Waals surface area contributed by atoms with Gasteiger partial charge in [0.15, 0.2) is 18.1 Å². The first-order valence-corrected chi connectivity index (χ1v) is 13.7. The number of carbonyl (C=O) groups is 2. The summed E-state index contributed by atoms with van der Waals surface area (Å²) >= 11 is 12.4. The van der Waals surface area contributed by atoms with Gasteiger partial charge in [-0.2, -0.15) is 4.31 Å². The molecule has 0 saturated carbocycles. The van der Waals surface area contributed by atoms with E-state index < -0.39 is 22.5 Å². The first-order valence-electron chi connectivity index (χ1n) is 11.5. The van der Waals surface area contributed by atoms with Gasteiger partial charge in [-0.05, 0) is 48.4 Å². The van der Waals surface area contributed by atoms with Crippen molar-refractivity contribution in [2.75, 3.05) is 38.1 Å². The fourth-order valence-electron chi connectivity index (χ4n) is 3.85. The van der Waals surface area contributed by atoms with Gasteiger partial charge in [0.05, 0.1) is 11.3 Å². The van der Waals surface area contributed by atoms with Crippen LogP contribution in [0, 0.1) is 0 Å². The minimum atomic E-state index is -4.11. The molecule has 0 atom stereocenters. The van der Waals surface area contributed by atoms with Crippen LogP contribution in [-0.4, -0.2) is 62.2 Å². The van der Waals surface area contributed by atoms with Gasteiger partial charge in [-0.25, -0.2) is 8.42 Å². The Kier molecular flexibility index (Phi) is 8.43. The van der Waals surface area contributed by atoms with Crippen LogP contribution in [0.15, 0.2) is 64.1 Å². The van der Waals surface area contributed by atoms with Crippen molar-refractivity contribution in [3.8, 4) is 5.75 Å². The molecule has 0 spiro atoms. The Hall–Kier alpha value is -3.05. The van der Waals surface area contributed by atoms with Crippen LogP contribution in [0.3, 0.4) is 0 Å². The lowest BCUT2D eigenvalue weighted by Crippen LogP contribution is -2.50. The van der Waals surface area contributed by atoms with Gasteiger partial charge in [0.25, 0.3) is 11.8 Å². The lowest BCUT2D eigenvalue weighted by molar-refractivity contribution is -0.118. The predicted molar refractivity (Wildman–Crippen MR) is 140 cm³/mol. The van der Waals surface area contributed by atoms with Gasteiger partial charge in [-0.1, -0.05) is 42.3 Å². The van der Waals surface area contributed by atoms with Crippen molar-refractivity contribution < 1.29 is 27.2 Å². The Balaban J connectivity index is 1.46. The van der Waals surface area contributed by atoms with Gasteiger partial charge >= 0.3 is 0 Å². The van der Waals surface area contributed by atoms with Crippen LogP contribution >= 0.6 is 23.2 Å². The van der Waals surface area contributed by atoms with Crippen molar-refractivity contribution in [3.05, 3.63) is 76.2 Å². The van der Waals surface area contributed by atoms with Crippen molar-refractivity contribution >= 4 is 50.7 Å². The van der Waals surface area contributed by atoms with E-state index in [9.17, 15) is 18.0 Å². The van der Waals surface area contributed by atoms with Crippen LogP contribution in [0.25, 0.3) is 0 Å². The van der Waals surface area contributed by atoms with E-state index in [1.54, 1.807) is 24.3 Å². The molecular weight excluding hydrogens is 541 g/mol. The van der Waals surface area contributed by atoms with Crippen molar-refractivity contribution in [1.82, 2.24) is 9.21 Å². The van der Waals surface area contributed by atoms with E-state index in [0.717, 1.165) is 12.0 Å². The number of rotatable bonds is 8. The maximum absolute atomic E-state index is 13.5. The molecule has 0 radical (unpaired) electrons. The number of carbonyl (C=O) groups excluding carboxylic acids is 2. The zero-order valence-corrected chi connectivity index (χ0v) is 22.3. The second kappa shape index (κ2) is 11.6. The molecule has 2 amide bonds. The Morgan fingerprint density at radius 1 is 1.05 bits per heavy atom. The minimum Gasteiger partial charge on any atom is -0.481 e. The molecule has 4 rings (SSSR count). The molecule has 9 nitrogen and oxygen atoms in total. The molecule has 1 N–H and O–H groups in total. The van der Waals surface area contributed by atoms with E-state index in [4.69, 9.17) is 32.4 Å². The number of ether oxygens (including phenoxy) is 1. The molecule has 12 heteroatoms. The maximum Gasteiger partial charge on any atom is 0.289 e. The first-order chi connectivity index (χ1) is 17.7. The summed E-state index contributed by atoms with van der Waals surface area (Å²) in [6, 6.07) is 13.1. The average Bonchev–Trinajstić information content (AvgIpc) is 3.43. The summed E-state index contributed by atoms with van der Waals surface area (Å²) in [5.74, 6) is -0.777. The predicted octanol–water partition coefficient (Wildman–Crippen LogP) is 4.31. The number of aryl methyl sites for hydroxylation is 1. The van der Waals surface area contributed by atoms with E-state index in [1.165, 1.54) is 27.6 Å². The van der Waals surface area contributed by atoms with Gasteiger partial charge < -0.3 is 19.4 Å². The van der Waals surface area contributed by atoms with Gasteiger partial charge in [-0.15, -0.1) is 0 Å². The molecule has 37 heavy (non-hydrogen) atoms. The normalized spacial score (nSPS) is 14.4. The Morgan fingerprint density at radius 3 is 2.38 bits per heavy atom. The number of benzene rings is 2. The molecule has 2 heterocycles. The Labute approximate surface area is 224 Å². The number of sulfonamides is 1. The van der Waals surface area contributed by atoms with Gasteiger partial charge in [0, 0.05) is 36.9 Å². The Bertz CT molecular complexity index is 1370. The van der Waals surface area contributed by atoms with Crippen molar-refractivity contribution in [3.63, 3.8) is 0 Å². The van der Waals surface area contributed by atoms with Crippen molar-refractivity contribution in [1.29, 1.82) is 0 Å². The molecule has 2 aromatic carbocycles. The highest BCUT2D eigenvalue weighted by molar-refractivity contribution is 7.89. The molecule has 1 aliphatic rings. The first kappa shape index (κ1) is 27.0. The molecule has 1 aromatic heterocycles. The van der Waals surface area contributed by atoms with E-state index >= 15 is 0 Å². The SMILES string of the molecule is CCc1ccc(NC(=O)COc2c(Cl)cc(Cl)cc2S(=O)(=O)N2CCN(C(=O)c3ccco3)CC2)cc1. The molecule has 0 unspecified atom stereocenters. The number of halogens is 2. The Morgan fingerprint density at radius 2 is 1.76 bits per heavy atom. The second-order valence-electron chi connectivity index (χ2n) is 8.28. The summed E-state index contributed by atoms with van der Waals surface area (Å²) < 4.78 is 39.0. The molecule has 1 saturated heterocycles. The summed E-state index contributed by atoms with van der Waals surface area (Å²) in [5, 5.41) is 2.76. The summed E-state index contributed by atoms with van der Waals surface area (Å²) in [6.07, 6.45) is 2.28. The number of furan rings is 1. The summed E-state index contributed by atoms with van der Waals surface area (Å²) in [4.78, 5) is 26.2. The number of piperazine rings is 1. The number of hydrogen-bond acceptors (Lipinski definition) is 6. The van der Waals surface area contributed by atoms with Crippen molar-refractivity contribution in [2.45, 2.75) is 18.2 Å². The van der Waals surface area contributed by atoms with Crippen LogP contribution in [0.1, 0.15) is 23.0 Å². The highest BCUT2D eigenvalue weighted by Gasteiger charge is 2.34. The minimum absolute atomic E-state index is 0.0437. The van der Waals surface area contributed by atoms with E-state index in [2.05, 4.69) is 5.32 Å². The summed E-state index contributed by atoms with van der Waals surface area (Å²) in [7, 11) is -4.11. The topological polar surface area (TPSA) is 109 Å². The lowest BCUT2D eigenvalue weighted by atomic mass is 10.1. The highest BCUT2D eigenvalue weighted by atomic mass is 35.5. The zero-order valence-electron chi connectivity index (χ0n) is 19.9.